The molecule has 1 N–H and O–H groups in total. The SMILES string of the molecule is CCCCc1cn(-c2nccn2C(C)CC)c(=O)n1Cc1cnccc1-c1ccc(-c2nnn[nH]2)cc1. The van der Waals surface area contributed by atoms with Crippen molar-refractivity contribution >= 4 is 0 Å². The summed E-state index contributed by atoms with van der Waals surface area (Å²) >= 11 is 0. The Morgan fingerprint density at radius 1 is 1.05 bits per heavy atom. The Labute approximate surface area is 215 Å². The number of aromatic nitrogens is 9. The Morgan fingerprint density at radius 3 is 2.59 bits per heavy atom. The van der Waals surface area contributed by atoms with Gasteiger partial charge >= 0.3 is 5.69 Å². The van der Waals surface area contributed by atoms with Gasteiger partial charge in [0.1, 0.15) is 0 Å². The Bertz CT molecular complexity index is 1510. The van der Waals surface area contributed by atoms with E-state index in [1.54, 1.807) is 17.0 Å². The number of imidazole rings is 2. The molecule has 0 saturated carbocycles. The summed E-state index contributed by atoms with van der Waals surface area (Å²) in [4.78, 5) is 22.7. The largest absolute Gasteiger partial charge is 0.335 e. The van der Waals surface area contributed by atoms with E-state index in [-0.39, 0.29) is 11.7 Å². The smallest absolute Gasteiger partial charge is 0.314 e. The van der Waals surface area contributed by atoms with E-state index in [4.69, 9.17) is 0 Å². The molecule has 4 aromatic heterocycles. The lowest BCUT2D eigenvalue weighted by Crippen LogP contribution is -2.27. The van der Waals surface area contributed by atoms with Gasteiger partial charge in [-0.2, -0.15) is 0 Å². The number of aryl methyl sites for hydroxylation is 1. The van der Waals surface area contributed by atoms with Gasteiger partial charge in [-0.25, -0.2) is 19.4 Å². The van der Waals surface area contributed by atoms with E-state index in [1.165, 1.54) is 0 Å². The van der Waals surface area contributed by atoms with Crippen molar-refractivity contribution in [2.24, 2.45) is 0 Å². The summed E-state index contributed by atoms with van der Waals surface area (Å²) in [7, 11) is 0. The van der Waals surface area contributed by atoms with Gasteiger partial charge in [0.15, 0.2) is 5.82 Å². The van der Waals surface area contributed by atoms with Gasteiger partial charge in [-0.05, 0) is 59.4 Å². The number of nitrogens with zero attached hydrogens (tertiary/aromatic N) is 8. The van der Waals surface area contributed by atoms with Crippen molar-refractivity contribution < 1.29 is 0 Å². The third-order valence-electron chi connectivity index (χ3n) is 6.82. The van der Waals surface area contributed by atoms with Crippen LogP contribution in [0.2, 0.25) is 0 Å². The number of hydrogen-bond acceptors (Lipinski definition) is 6. The maximum atomic E-state index is 13.8. The van der Waals surface area contributed by atoms with E-state index in [0.29, 0.717) is 18.3 Å². The molecule has 0 aliphatic rings. The number of rotatable bonds is 10. The summed E-state index contributed by atoms with van der Waals surface area (Å²) in [6, 6.07) is 10.3. The van der Waals surface area contributed by atoms with Gasteiger partial charge in [0.05, 0.1) is 6.54 Å². The van der Waals surface area contributed by atoms with Gasteiger partial charge in [0.2, 0.25) is 5.95 Å². The van der Waals surface area contributed by atoms with Crippen molar-refractivity contribution in [3.05, 3.63) is 83.1 Å². The molecule has 1 atom stereocenters. The highest BCUT2D eigenvalue weighted by Gasteiger charge is 2.19. The summed E-state index contributed by atoms with van der Waals surface area (Å²) in [6.07, 6.45) is 13.1. The van der Waals surface area contributed by atoms with E-state index in [2.05, 4.69) is 55.9 Å². The van der Waals surface area contributed by atoms with Crippen molar-refractivity contribution in [1.29, 1.82) is 0 Å². The minimum absolute atomic E-state index is 0.0928. The number of benzene rings is 1. The minimum atomic E-state index is -0.0928. The molecule has 0 fully saturated rings. The first-order chi connectivity index (χ1) is 18.1. The molecule has 5 aromatic rings. The van der Waals surface area contributed by atoms with Crippen LogP contribution < -0.4 is 5.69 Å². The average molecular weight is 498 g/mol. The molecule has 0 aliphatic carbocycles. The highest BCUT2D eigenvalue weighted by molar-refractivity contribution is 5.69. The fourth-order valence-electron chi connectivity index (χ4n) is 4.52. The third kappa shape index (κ3) is 4.87. The Balaban J connectivity index is 1.53. The normalized spacial score (nSPS) is 12.2. The quantitative estimate of drug-likeness (QED) is 0.305. The predicted octanol–water partition coefficient (Wildman–Crippen LogP) is 4.44. The molecule has 1 aromatic carbocycles. The van der Waals surface area contributed by atoms with Crippen molar-refractivity contribution in [3.8, 4) is 28.5 Å². The lowest BCUT2D eigenvalue weighted by molar-refractivity contribution is 0.517. The second-order valence-electron chi connectivity index (χ2n) is 9.21. The van der Waals surface area contributed by atoms with E-state index in [1.807, 2.05) is 53.5 Å². The molecule has 0 amide bonds. The zero-order chi connectivity index (χ0) is 25.8. The summed E-state index contributed by atoms with van der Waals surface area (Å²) in [5, 5.41) is 14.1. The maximum Gasteiger partial charge on any atom is 0.335 e. The number of tetrazole rings is 1. The van der Waals surface area contributed by atoms with Gasteiger partial charge < -0.3 is 4.57 Å². The van der Waals surface area contributed by atoms with E-state index in [9.17, 15) is 4.79 Å². The van der Waals surface area contributed by atoms with Crippen LogP contribution in [0.4, 0.5) is 0 Å². The van der Waals surface area contributed by atoms with Crippen LogP contribution in [0.25, 0.3) is 28.5 Å². The lowest BCUT2D eigenvalue weighted by atomic mass is 10.00. The second-order valence-corrected chi connectivity index (χ2v) is 9.21. The molecule has 0 spiro atoms. The first-order valence-electron chi connectivity index (χ1n) is 12.7. The zero-order valence-electron chi connectivity index (χ0n) is 21.4. The number of pyridine rings is 1. The molecule has 4 heterocycles. The monoisotopic (exact) mass is 497 g/mol. The number of nitrogens with one attached hydrogen (secondary N) is 1. The van der Waals surface area contributed by atoms with Crippen molar-refractivity contribution in [2.45, 2.75) is 59.0 Å². The lowest BCUT2D eigenvalue weighted by Gasteiger charge is -2.14. The standard InChI is InChI=1S/C27H31N9O/c1-4-6-7-23-18-36(26-29-14-15-34(26)19(3)5-2)27(37)35(23)17-22-16-28-13-12-24(22)20-8-10-21(11-9-20)25-30-32-33-31-25/h8-16,18-19H,4-7,17H2,1-3H3,(H,30,31,32,33). The van der Waals surface area contributed by atoms with Crippen LogP contribution in [0.3, 0.4) is 0 Å². The van der Waals surface area contributed by atoms with Crippen molar-refractivity contribution in [3.63, 3.8) is 0 Å². The molecule has 37 heavy (non-hydrogen) atoms. The molecular formula is C27H31N9O. The molecular weight excluding hydrogens is 466 g/mol. The number of hydrogen-bond donors (Lipinski definition) is 1. The molecule has 190 valence electrons. The topological polar surface area (TPSA) is 112 Å². The predicted molar refractivity (Wildman–Crippen MR) is 141 cm³/mol. The second kappa shape index (κ2) is 10.7. The minimum Gasteiger partial charge on any atom is -0.314 e. The van der Waals surface area contributed by atoms with Crippen LogP contribution in [-0.4, -0.2) is 44.3 Å². The molecule has 5 rings (SSSR count). The van der Waals surface area contributed by atoms with Gasteiger partial charge in [-0.1, -0.05) is 44.5 Å². The molecule has 0 saturated heterocycles. The molecule has 0 radical (unpaired) electrons. The van der Waals surface area contributed by atoms with E-state index >= 15 is 0 Å². The fraction of sp³-hybridized carbons (Fsp3) is 0.333. The number of H-pyrrole nitrogens is 1. The van der Waals surface area contributed by atoms with Crippen LogP contribution in [0.5, 0.6) is 0 Å². The Hall–Kier alpha value is -4.34. The van der Waals surface area contributed by atoms with Crippen LogP contribution >= 0.6 is 0 Å². The van der Waals surface area contributed by atoms with Crippen molar-refractivity contribution in [1.82, 2.24) is 44.3 Å². The Kier molecular flexibility index (Phi) is 7.07. The first kappa shape index (κ1) is 24.4. The molecule has 1 unspecified atom stereocenters. The molecule has 0 bridgehead atoms. The van der Waals surface area contributed by atoms with Gasteiger partial charge in [-0.3, -0.25) is 9.55 Å². The Morgan fingerprint density at radius 2 is 1.86 bits per heavy atom. The van der Waals surface area contributed by atoms with Crippen LogP contribution in [0, 0.1) is 0 Å². The van der Waals surface area contributed by atoms with E-state index < -0.39 is 0 Å². The van der Waals surface area contributed by atoms with Crippen LogP contribution in [0.1, 0.15) is 57.3 Å². The van der Waals surface area contributed by atoms with Crippen LogP contribution in [0.15, 0.2) is 66.1 Å². The first-order valence-corrected chi connectivity index (χ1v) is 12.7. The summed E-state index contributed by atoms with van der Waals surface area (Å²) < 4.78 is 5.62. The zero-order valence-corrected chi connectivity index (χ0v) is 21.4. The third-order valence-corrected chi connectivity index (χ3v) is 6.82. The summed E-state index contributed by atoms with van der Waals surface area (Å²) in [5.41, 5.74) is 4.83. The van der Waals surface area contributed by atoms with Gasteiger partial charge in [0.25, 0.3) is 0 Å². The van der Waals surface area contributed by atoms with E-state index in [0.717, 1.165) is 53.6 Å². The molecule has 0 aliphatic heterocycles. The molecule has 10 nitrogen and oxygen atoms in total. The van der Waals surface area contributed by atoms with Gasteiger partial charge in [-0.15, -0.1) is 5.10 Å². The fourth-order valence-corrected chi connectivity index (χ4v) is 4.52. The maximum absolute atomic E-state index is 13.8. The van der Waals surface area contributed by atoms with Crippen molar-refractivity contribution in [2.75, 3.05) is 0 Å². The number of unbranched alkanes of at least 4 members (excludes halogenated alkanes) is 1. The highest BCUT2D eigenvalue weighted by Crippen LogP contribution is 2.26. The van der Waals surface area contributed by atoms with Crippen LogP contribution in [-0.2, 0) is 13.0 Å². The summed E-state index contributed by atoms with van der Waals surface area (Å²) in [6.45, 7) is 6.85. The number of aromatic amines is 1. The highest BCUT2D eigenvalue weighted by atomic mass is 16.1. The van der Waals surface area contributed by atoms with Gasteiger partial charge in [0, 0.05) is 48.3 Å². The summed E-state index contributed by atoms with van der Waals surface area (Å²) in [5.74, 6) is 1.27. The average Bonchev–Trinajstić information content (AvgIpc) is 3.69. The molecule has 10 heteroatoms.